The minimum atomic E-state index is 0.0594. The largest absolute Gasteiger partial charge is 0.377 e. The van der Waals surface area contributed by atoms with Crippen molar-refractivity contribution in [2.24, 2.45) is 0 Å². The topological polar surface area (TPSA) is 39.1 Å². The van der Waals surface area contributed by atoms with Gasteiger partial charge in [-0.25, -0.2) is 0 Å². The summed E-state index contributed by atoms with van der Waals surface area (Å²) in [4.78, 5) is 0. The van der Waals surface area contributed by atoms with Crippen molar-refractivity contribution in [1.29, 1.82) is 0 Å². The first-order valence-electron chi connectivity index (χ1n) is 7.42. The lowest BCUT2D eigenvalue weighted by Crippen LogP contribution is -2.23. The lowest BCUT2D eigenvalue weighted by atomic mass is 10.1. The fourth-order valence-corrected chi connectivity index (χ4v) is 2.40. The fourth-order valence-electron chi connectivity index (χ4n) is 2.40. The molecule has 0 bridgehead atoms. The van der Waals surface area contributed by atoms with Crippen LogP contribution >= 0.6 is 0 Å². The summed E-state index contributed by atoms with van der Waals surface area (Å²) in [5, 5.41) is 7.81. The first-order chi connectivity index (χ1) is 9.05. The number of hydrogen-bond acceptors (Lipinski definition) is 3. The van der Waals surface area contributed by atoms with Crippen molar-refractivity contribution in [2.45, 2.75) is 64.6 Å². The van der Waals surface area contributed by atoms with E-state index in [0.717, 1.165) is 19.7 Å². The average Bonchev–Trinajstić information content (AvgIpc) is 2.97. The number of nitrogens with one attached hydrogen (secondary N) is 1. The highest BCUT2D eigenvalue weighted by molar-refractivity contribution is 5.04. The standard InChI is InChI=1S/C15H27N3O/c1-15(2,3)18-12-13(11-17-18)10-16-8-9-19-14-6-4-5-7-14/h11-12,14,16H,4-10H2,1-3H3. The van der Waals surface area contributed by atoms with Crippen molar-refractivity contribution in [2.75, 3.05) is 13.2 Å². The first-order valence-corrected chi connectivity index (χ1v) is 7.42. The molecule has 1 aromatic rings. The van der Waals surface area contributed by atoms with Gasteiger partial charge in [0, 0.05) is 24.8 Å². The van der Waals surface area contributed by atoms with Gasteiger partial charge in [0.1, 0.15) is 0 Å². The molecule has 0 amide bonds. The molecule has 1 fully saturated rings. The van der Waals surface area contributed by atoms with Crippen LogP contribution in [0.1, 0.15) is 52.0 Å². The van der Waals surface area contributed by atoms with Crippen molar-refractivity contribution in [3.63, 3.8) is 0 Å². The Bertz CT molecular complexity index is 375. The van der Waals surface area contributed by atoms with Crippen LogP contribution in [0.15, 0.2) is 12.4 Å². The lowest BCUT2D eigenvalue weighted by molar-refractivity contribution is 0.0602. The molecule has 1 aliphatic rings. The summed E-state index contributed by atoms with van der Waals surface area (Å²) in [6, 6.07) is 0. The fraction of sp³-hybridized carbons (Fsp3) is 0.800. The molecule has 4 heteroatoms. The predicted molar refractivity (Wildman–Crippen MR) is 77.1 cm³/mol. The molecule has 2 rings (SSSR count). The van der Waals surface area contributed by atoms with E-state index in [1.54, 1.807) is 0 Å². The van der Waals surface area contributed by atoms with Gasteiger partial charge in [0.15, 0.2) is 0 Å². The van der Waals surface area contributed by atoms with Crippen molar-refractivity contribution in [3.05, 3.63) is 18.0 Å². The summed E-state index contributed by atoms with van der Waals surface area (Å²) < 4.78 is 7.83. The molecule has 0 aliphatic heterocycles. The number of aromatic nitrogens is 2. The van der Waals surface area contributed by atoms with E-state index in [-0.39, 0.29) is 5.54 Å². The molecule has 1 saturated carbocycles. The Morgan fingerprint density at radius 2 is 2.11 bits per heavy atom. The van der Waals surface area contributed by atoms with Gasteiger partial charge < -0.3 is 10.1 Å². The van der Waals surface area contributed by atoms with Gasteiger partial charge in [-0.3, -0.25) is 4.68 Å². The Labute approximate surface area is 116 Å². The van der Waals surface area contributed by atoms with E-state index in [0.29, 0.717) is 6.10 Å². The van der Waals surface area contributed by atoms with E-state index in [4.69, 9.17) is 4.74 Å². The van der Waals surface area contributed by atoms with E-state index in [2.05, 4.69) is 37.4 Å². The summed E-state index contributed by atoms with van der Waals surface area (Å²) >= 11 is 0. The number of rotatable bonds is 6. The van der Waals surface area contributed by atoms with Crippen molar-refractivity contribution in [1.82, 2.24) is 15.1 Å². The van der Waals surface area contributed by atoms with Crippen LogP contribution in [0.5, 0.6) is 0 Å². The zero-order valence-corrected chi connectivity index (χ0v) is 12.5. The van der Waals surface area contributed by atoms with Crippen LogP contribution < -0.4 is 5.32 Å². The van der Waals surface area contributed by atoms with Gasteiger partial charge >= 0.3 is 0 Å². The monoisotopic (exact) mass is 265 g/mol. The summed E-state index contributed by atoms with van der Waals surface area (Å²) in [6.45, 7) is 9.07. The Morgan fingerprint density at radius 3 is 2.74 bits per heavy atom. The minimum Gasteiger partial charge on any atom is -0.377 e. The molecule has 0 aromatic carbocycles. The zero-order valence-electron chi connectivity index (χ0n) is 12.5. The van der Waals surface area contributed by atoms with Gasteiger partial charge in [0.05, 0.1) is 24.4 Å². The van der Waals surface area contributed by atoms with Crippen LogP contribution in [0, 0.1) is 0 Å². The van der Waals surface area contributed by atoms with Gasteiger partial charge in [-0.05, 0) is 33.6 Å². The summed E-state index contributed by atoms with van der Waals surface area (Å²) in [6.07, 6.45) is 9.75. The highest BCUT2D eigenvalue weighted by Crippen LogP contribution is 2.20. The van der Waals surface area contributed by atoms with E-state index < -0.39 is 0 Å². The molecular weight excluding hydrogens is 238 g/mol. The summed E-state index contributed by atoms with van der Waals surface area (Å²) in [5.41, 5.74) is 1.29. The Kier molecular flexibility index (Phi) is 4.99. The molecule has 1 aliphatic carbocycles. The van der Waals surface area contributed by atoms with Crippen molar-refractivity contribution in [3.8, 4) is 0 Å². The maximum Gasteiger partial charge on any atom is 0.0594 e. The van der Waals surface area contributed by atoms with Crippen LogP contribution in [-0.4, -0.2) is 29.0 Å². The van der Waals surface area contributed by atoms with E-state index >= 15 is 0 Å². The number of ether oxygens (including phenoxy) is 1. The number of hydrogen-bond donors (Lipinski definition) is 1. The normalized spacial score (nSPS) is 17.2. The van der Waals surface area contributed by atoms with Crippen LogP contribution in [0.2, 0.25) is 0 Å². The molecule has 0 unspecified atom stereocenters. The molecule has 0 spiro atoms. The SMILES string of the molecule is CC(C)(C)n1cc(CNCCOC2CCCC2)cn1. The zero-order chi connectivity index (χ0) is 13.7. The molecule has 0 radical (unpaired) electrons. The van der Waals surface area contributed by atoms with Crippen LogP contribution in [-0.2, 0) is 16.8 Å². The average molecular weight is 265 g/mol. The second-order valence-corrected chi connectivity index (χ2v) is 6.42. The third-order valence-electron chi connectivity index (χ3n) is 3.59. The molecule has 108 valence electrons. The molecule has 19 heavy (non-hydrogen) atoms. The molecular formula is C15H27N3O. The maximum atomic E-state index is 5.82. The lowest BCUT2D eigenvalue weighted by Gasteiger charge is -2.18. The molecule has 0 atom stereocenters. The van der Waals surface area contributed by atoms with Gasteiger partial charge in [-0.2, -0.15) is 5.10 Å². The second kappa shape index (κ2) is 6.53. The molecule has 0 saturated heterocycles. The Morgan fingerprint density at radius 1 is 1.37 bits per heavy atom. The predicted octanol–water partition coefficient (Wildman–Crippen LogP) is 2.69. The Balaban J connectivity index is 1.61. The van der Waals surface area contributed by atoms with Crippen molar-refractivity contribution >= 4 is 0 Å². The third-order valence-corrected chi connectivity index (χ3v) is 3.59. The van der Waals surface area contributed by atoms with Crippen LogP contribution in [0.25, 0.3) is 0 Å². The van der Waals surface area contributed by atoms with E-state index in [9.17, 15) is 0 Å². The van der Waals surface area contributed by atoms with Gasteiger partial charge in [0.2, 0.25) is 0 Å². The van der Waals surface area contributed by atoms with Crippen LogP contribution in [0.4, 0.5) is 0 Å². The molecule has 1 aromatic heterocycles. The smallest absolute Gasteiger partial charge is 0.0594 e. The van der Waals surface area contributed by atoms with Crippen LogP contribution in [0.3, 0.4) is 0 Å². The van der Waals surface area contributed by atoms with Gasteiger partial charge in [0.25, 0.3) is 0 Å². The first kappa shape index (κ1) is 14.5. The molecule has 1 N–H and O–H groups in total. The summed E-state index contributed by atoms with van der Waals surface area (Å²) in [5.74, 6) is 0. The number of nitrogens with zero attached hydrogens (tertiary/aromatic N) is 2. The quantitative estimate of drug-likeness (QED) is 0.804. The Hall–Kier alpha value is -0.870. The summed E-state index contributed by atoms with van der Waals surface area (Å²) in [7, 11) is 0. The third kappa shape index (κ3) is 4.62. The van der Waals surface area contributed by atoms with Gasteiger partial charge in [-0.15, -0.1) is 0 Å². The second-order valence-electron chi connectivity index (χ2n) is 6.42. The molecule has 4 nitrogen and oxygen atoms in total. The van der Waals surface area contributed by atoms with E-state index in [1.807, 2.05) is 10.9 Å². The van der Waals surface area contributed by atoms with Gasteiger partial charge in [-0.1, -0.05) is 12.8 Å². The molecule has 1 heterocycles. The minimum absolute atomic E-state index is 0.0594. The van der Waals surface area contributed by atoms with E-state index in [1.165, 1.54) is 31.2 Å². The van der Waals surface area contributed by atoms with Crippen molar-refractivity contribution < 1.29 is 4.74 Å². The highest BCUT2D eigenvalue weighted by atomic mass is 16.5. The highest BCUT2D eigenvalue weighted by Gasteiger charge is 2.15. The maximum absolute atomic E-state index is 5.82.